The lowest BCUT2D eigenvalue weighted by Crippen LogP contribution is -2.49. The Morgan fingerprint density at radius 1 is 1.19 bits per heavy atom. The molecule has 1 fully saturated rings. The fourth-order valence-corrected chi connectivity index (χ4v) is 4.21. The zero-order valence-corrected chi connectivity index (χ0v) is 17.0. The van der Waals surface area contributed by atoms with E-state index in [-0.39, 0.29) is 0 Å². The summed E-state index contributed by atoms with van der Waals surface area (Å²) in [6.07, 6.45) is 1.37. The smallest absolute Gasteiger partial charge is 0.410 e. The molecule has 0 unspecified atom stereocenters. The van der Waals surface area contributed by atoms with Gasteiger partial charge in [-0.15, -0.1) is 0 Å². The first-order valence-electron chi connectivity index (χ1n) is 8.59. The van der Waals surface area contributed by atoms with E-state index in [9.17, 15) is 22.8 Å². The molecule has 0 aromatic carbocycles. The van der Waals surface area contributed by atoms with E-state index in [1.807, 2.05) is 0 Å². The monoisotopic (exact) mass is 402 g/mol. The molecule has 27 heavy (non-hydrogen) atoms. The summed E-state index contributed by atoms with van der Waals surface area (Å²) >= 11 is 0. The molecule has 10 nitrogen and oxygen atoms in total. The van der Waals surface area contributed by atoms with Gasteiger partial charge < -0.3 is 14.2 Å². The zero-order valence-electron chi connectivity index (χ0n) is 16.2. The number of rotatable bonds is 3. The number of nitrogens with one attached hydrogen (secondary N) is 1. The Bertz CT molecular complexity index is 933. The number of sulfonamides is 1. The number of likely N-dealkylation sites (tertiary alicyclic amines) is 1. The number of carbonyl (C=O) groups excluding carboxylic acids is 1. The summed E-state index contributed by atoms with van der Waals surface area (Å²) in [6.45, 7) is 6.01. The van der Waals surface area contributed by atoms with Gasteiger partial charge in [-0.2, -0.15) is 0 Å². The van der Waals surface area contributed by atoms with Gasteiger partial charge in [0.15, 0.2) is 4.90 Å². The number of carbonyl (C=O) groups is 1. The van der Waals surface area contributed by atoms with Gasteiger partial charge >= 0.3 is 11.8 Å². The van der Waals surface area contributed by atoms with Crippen molar-refractivity contribution in [3.8, 4) is 0 Å². The quantitative estimate of drug-likeness (QED) is 0.745. The Balaban J connectivity index is 2.08. The summed E-state index contributed by atoms with van der Waals surface area (Å²) in [4.78, 5) is 37.0. The average Bonchev–Trinajstić information content (AvgIpc) is 2.54. The van der Waals surface area contributed by atoms with Crippen molar-refractivity contribution in [3.05, 3.63) is 27.0 Å². The van der Waals surface area contributed by atoms with Gasteiger partial charge in [0.05, 0.1) is 0 Å². The molecule has 1 aromatic rings. The van der Waals surface area contributed by atoms with Crippen molar-refractivity contribution in [1.82, 2.24) is 18.8 Å². The van der Waals surface area contributed by atoms with Gasteiger partial charge in [-0.1, -0.05) is 0 Å². The molecule has 2 rings (SSSR count). The maximum atomic E-state index is 12.6. The van der Waals surface area contributed by atoms with Crippen LogP contribution in [-0.4, -0.2) is 53.3 Å². The molecule has 2 heterocycles. The molecule has 0 spiro atoms. The van der Waals surface area contributed by atoms with Crippen molar-refractivity contribution in [2.24, 2.45) is 14.1 Å². The highest BCUT2D eigenvalue weighted by Crippen LogP contribution is 2.16. The summed E-state index contributed by atoms with van der Waals surface area (Å²) in [6, 6.07) is -0.421. The van der Waals surface area contributed by atoms with Crippen molar-refractivity contribution in [2.75, 3.05) is 13.1 Å². The highest BCUT2D eigenvalue weighted by Gasteiger charge is 2.30. The molecule has 0 aliphatic carbocycles. The largest absolute Gasteiger partial charge is 0.444 e. The van der Waals surface area contributed by atoms with Crippen LogP contribution >= 0.6 is 0 Å². The molecular formula is C16H26N4O6S. The normalized spacial score (nSPS) is 16.4. The maximum absolute atomic E-state index is 12.6. The average molecular weight is 402 g/mol. The second-order valence-electron chi connectivity index (χ2n) is 7.61. The minimum absolute atomic E-state index is 0.341. The predicted octanol–water partition coefficient (Wildman–Crippen LogP) is -0.238. The molecule has 1 N–H and O–H groups in total. The van der Waals surface area contributed by atoms with Crippen molar-refractivity contribution in [2.45, 2.75) is 50.2 Å². The van der Waals surface area contributed by atoms with Gasteiger partial charge in [0.1, 0.15) is 5.60 Å². The minimum Gasteiger partial charge on any atom is -0.444 e. The van der Waals surface area contributed by atoms with Gasteiger partial charge in [0.2, 0.25) is 10.0 Å². The van der Waals surface area contributed by atoms with Crippen LogP contribution in [0.5, 0.6) is 0 Å². The molecule has 0 bridgehead atoms. The van der Waals surface area contributed by atoms with Crippen LogP contribution in [0.1, 0.15) is 33.6 Å². The van der Waals surface area contributed by atoms with Crippen LogP contribution in [0.25, 0.3) is 0 Å². The Hall–Kier alpha value is -2.14. The molecule has 0 atom stereocenters. The predicted molar refractivity (Wildman–Crippen MR) is 98.1 cm³/mol. The number of ether oxygens (including phenoxy) is 1. The molecule has 1 aromatic heterocycles. The van der Waals surface area contributed by atoms with Crippen molar-refractivity contribution < 1.29 is 17.9 Å². The summed E-state index contributed by atoms with van der Waals surface area (Å²) in [7, 11) is -1.50. The summed E-state index contributed by atoms with van der Waals surface area (Å²) in [5, 5.41) is 0. The van der Waals surface area contributed by atoms with E-state index >= 15 is 0 Å². The van der Waals surface area contributed by atoms with Gasteiger partial charge in [-0.25, -0.2) is 22.7 Å². The van der Waals surface area contributed by atoms with E-state index in [4.69, 9.17) is 4.74 Å². The maximum Gasteiger partial charge on any atom is 0.410 e. The molecule has 1 aliphatic rings. The topological polar surface area (TPSA) is 120 Å². The number of hydrogen-bond donors (Lipinski definition) is 1. The van der Waals surface area contributed by atoms with E-state index in [0.717, 1.165) is 15.3 Å². The molecule has 152 valence electrons. The fraction of sp³-hybridized carbons (Fsp3) is 0.688. The van der Waals surface area contributed by atoms with E-state index in [0.29, 0.717) is 25.9 Å². The van der Waals surface area contributed by atoms with Crippen LogP contribution in [0.3, 0.4) is 0 Å². The molecule has 1 saturated heterocycles. The van der Waals surface area contributed by atoms with Crippen molar-refractivity contribution in [1.29, 1.82) is 0 Å². The first-order valence-corrected chi connectivity index (χ1v) is 10.1. The molecule has 0 radical (unpaired) electrons. The van der Waals surface area contributed by atoms with Crippen LogP contribution < -0.4 is 16.0 Å². The standard InChI is InChI=1S/C16H26N4O6S/c1-16(2,3)26-15(23)20-8-6-11(7-9-20)17-27(24,25)12-10-18(4)14(22)19(5)13(12)21/h10-11,17H,6-9H2,1-5H3. The van der Waals surface area contributed by atoms with Gasteiger partial charge in [-0.3, -0.25) is 9.36 Å². The van der Waals surface area contributed by atoms with Crippen LogP contribution in [-0.2, 0) is 28.9 Å². The molecule has 0 saturated carbocycles. The number of piperidine rings is 1. The van der Waals surface area contributed by atoms with Gasteiger partial charge in [0.25, 0.3) is 5.56 Å². The number of aromatic nitrogens is 2. The fourth-order valence-electron chi connectivity index (χ4n) is 2.75. The zero-order chi connectivity index (χ0) is 20.6. The number of aryl methyl sites for hydroxylation is 1. The lowest BCUT2D eigenvalue weighted by atomic mass is 10.1. The van der Waals surface area contributed by atoms with Gasteiger partial charge in [-0.05, 0) is 33.6 Å². The van der Waals surface area contributed by atoms with Crippen molar-refractivity contribution in [3.63, 3.8) is 0 Å². The number of hydrogen-bond acceptors (Lipinski definition) is 6. The van der Waals surface area contributed by atoms with Crippen molar-refractivity contribution >= 4 is 16.1 Å². The third kappa shape index (κ3) is 4.98. The van der Waals surface area contributed by atoms with E-state index < -0.39 is 43.9 Å². The second kappa shape index (κ2) is 7.47. The Labute approximate surface area is 157 Å². The Kier molecular flexibility index (Phi) is 5.85. The lowest BCUT2D eigenvalue weighted by molar-refractivity contribution is 0.0203. The Morgan fingerprint density at radius 3 is 2.26 bits per heavy atom. The summed E-state index contributed by atoms with van der Waals surface area (Å²) in [5.74, 6) is 0. The summed E-state index contributed by atoms with van der Waals surface area (Å²) < 4.78 is 34.8. The number of nitrogens with zero attached hydrogens (tertiary/aromatic N) is 3. The molecule has 1 amide bonds. The van der Waals surface area contributed by atoms with E-state index in [1.54, 1.807) is 20.8 Å². The molecule has 1 aliphatic heterocycles. The first-order chi connectivity index (χ1) is 12.3. The highest BCUT2D eigenvalue weighted by atomic mass is 32.2. The van der Waals surface area contributed by atoms with Crippen LogP contribution in [0.15, 0.2) is 20.7 Å². The third-order valence-corrected chi connectivity index (χ3v) is 5.68. The number of amides is 1. The minimum atomic E-state index is -4.10. The molecule has 11 heteroatoms. The second-order valence-corrected chi connectivity index (χ2v) is 9.30. The highest BCUT2D eigenvalue weighted by molar-refractivity contribution is 7.89. The summed E-state index contributed by atoms with van der Waals surface area (Å²) in [5.41, 5.74) is -2.08. The van der Waals surface area contributed by atoms with E-state index in [2.05, 4.69) is 4.72 Å². The van der Waals surface area contributed by atoms with Crippen LogP contribution in [0.2, 0.25) is 0 Å². The van der Waals surface area contributed by atoms with E-state index in [1.165, 1.54) is 19.0 Å². The third-order valence-electron chi connectivity index (χ3n) is 4.17. The lowest BCUT2D eigenvalue weighted by Gasteiger charge is -2.33. The van der Waals surface area contributed by atoms with Gasteiger partial charge in [0, 0.05) is 39.4 Å². The Morgan fingerprint density at radius 2 is 1.74 bits per heavy atom. The first kappa shape index (κ1) is 21.2. The molecular weight excluding hydrogens is 376 g/mol. The van der Waals surface area contributed by atoms with Crippen LogP contribution in [0.4, 0.5) is 4.79 Å². The van der Waals surface area contributed by atoms with Crippen LogP contribution in [0, 0.1) is 0 Å². The SMILES string of the molecule is Cn1cc(S(=O)(=O)NC2CCN(C(=O)OC(C)(C)C)CC2)c(=O)n(C)c1=O.